The third-order valence-electron chi connectivity index (χ3n) is 4.92. The lowest BCUT2D eigenvalue weighted by atomic mass is 9.72. The lowest BCUT2D eigenvalue weighted by molar-refractivity contribution is -0.152. The van der Waals surface area contributed by atoms with Crippen LogP contribution < -0.4 is 0 Å². The van der Waals surface area contributed by atoms with Gasteiger partial charge in [-0.15, -0.1) is 0 Å². The predicted molar refractivity (Wildman–Crippen MR) is 88.0 cm³/mol. The van der Waals surface area contributed by atoms with Gasteiger partial charge < -0.3 is 14.2 Å². The van der Waals surface area contributed by atoms with E-state index in [0.717, 1.165) is 31.5 Å². The highest BCUT2D eigenvalue weighted by Gasteiger charge is 2.45. The zero-order valence-corrected chi connectivity index (χ0v) is 13.6. The number of carbonyl (C=O) groups is 1. The second-order valence-electron chi connectivity index (χ2n) is 6.28. The van der Waals surface area contributed by atoms with Gasteiger partial charge in [-0.3, -0.25) is 4.79 Å². The van der Waals surface area contributed by atoms with Gasteiger partial charge in [0, 0.05) is 24.1 Å². The zero-order valence-electron chi connectivity index (χ0n) is 13.6. The number of esters is 1. The average molecular weight is 300 g/mol. The number of nitrogens with zero attached hydrogens (tertiary/aromatic N) is 2. The minimum Gasteiger partial charge on any atom is -0.465 e. The summed E-state index contributed by atoms with van der Waals surface area (Å²) in [7, 11) is 4.15. The van der Waals surface area contributed by atoms with Crippen LogP contribution in [0, 0.1) is 0 Å². The molecule has 0 radical (unpaired) electrons. The largest absolute Gasteiger partial charge is 0.465 e. The number of likely N-dealkylation sites (tertiary alicyclic amines) is 1. The number of ether oxygens (including phenoxy) is 1. The summed E-state index contributed by atoms with van der Waals surface area (Å²) in [6.07, 6.45) is 3.75. The lowest BCUT2D eigenvalue weighted by Gasteiger charge is -2.38. The quantitative estimate of drug-likeness (QED) is 0.817. The number of aromatic nitrogens is 1. The molecular weight excluding hydrogens is 276 g/mol. The Morgan fingerprint density at radius 3 is 2.59 bits per heavy atom. The molecule has 1 fully saturated rings. The predicted octanol–water partition coefficient (Wildman–Crippen LogP) is 2.70. The van der Waals surface area contributed by atoms with Crippen molar-refractivity contribution < 1.29 is 9.53 Å². The number of para-hydroxylation sites is 1. The maximum Gasteiger partial charge on any atom is 0.316 e. The lowest BCUT2D eigenvalue weighted by Crippen LogP contribution is -2.47. The van der Waals surface area contributed by atoms with E-state index in [1.807, 2.05) is 26.1 Å². The summed E-state index contributed by atoms with van der Waals surface area (Å²) in [4.78, 5) is 15.1. The molecule has 0 unspecified atom stereocenters. The van der Waals surface area contributed by atoms with E-state index in [0.29, 0.717) is 6.61 Å². The molecule has 0 N–H and O–H groups in total. The van der Waals surface area contributed by atoms with Crippen LogP contribution in [-0.4, -0.2) is 42.2 Å². The topological polar surface area (TPSA) is 34.5 Å². The van der Waals surface area contributed by atoms with E-state index < -0.39 is 5.41 Å². The van der Waals surface area contributed by atoms with Crippen LogP contribution in [-0.2, 0) is 22.0 Å². The molecule has 3 rings (SSSR count). The van der Waals surface area contributed by atoms with Crippen LogP contribution in [0.4, 0.5) is 0 Å². The zero-order chi connectivity index (χ0) is 15.7. The van der Waals surface area contributed by atoms with Gasteiger partial charge in [0.05, 0.1) is 12.0 Å². The molecule has 1 aliphatic rings. The van der Waals surface area contributed by atoms with Gasteiger partial charge in [-0.2, -0.15) is 0 Å². The summed E-state index contributed by atoms with van der Waals surface area (Å²) in [5.74, 6) is -0.0700. The van der Waals surface area contributed by atoms with Crippen molar-refractivity contribution in [1.82, 2.24) is 9.47 Å². The molecule has 0 aliphatic carbocycles. The minimum atomic E-state index is -0.511. The van der Waals surface area contributed by atoms with Crippen LogP contribution in [0.5, 0.6) is 0 Å². The summed E-state index contributed by atoms with van der Waals surface area (Å²) in [6, 6.07) is 8.30. The van der Waals surface area contributed by atoms with E-state index in [4.69, 9.17) is 4.74 Å². The third kappa shape index (κ3) is 2.31. The molecule has 22 heavy (non-hydrogen) atoms. The Morgan fingerprint density at radius 1 is 1.23 bits per heavy atom. The first-order valence-corrected chi connectivity index (χ1v) is 7.99. The standard InChI is InChI=1S/C18H24N2O2/c1-4-22-17(21)18(9-11-19(2)12-10-18)15-13-20(3)16-8-6-5-7-14(15)16/h5-8,13H,4,9-12H2,1-3H3. The highest BCUT2D eigenvalue weighted by molar-refractivity contribution is 5.93. The molecule has 1 aliphatic heterocycles. The van der Waals surface area contributed by atoms with Crippen molar-refractivity contribution in [3.05, 3.63) is 36.0 Å². The van der Waals surface area contributed by atoms with Crippen LogP contribution in [0.25, 0.3) is 10.9 Å². The summed E-state index contributed by atoms with van der Waals surface area (Å²) >= 11 is 0. The number of carbonyl (C=O) groups excluding carboxylic acids is 1. The fraction of sp³-hybridized carbons (Fsp3) is 0.500. The molecule has 0 amide bonds. The van der Waals surface area contributed by atoms with Crippen LogP contribution >= 0.6 is 0 Å². The van der Waals surface area contributed by atoms with Crippen LogP contribution in [0.2, 0.25) is 0 Å². The Kier molecular flexibility index (Phi) is 3.96. The molecule has 2 aromatic rings. The molecule has 0 atom stereocenters. The Hall–Kier alpha value is -1.81. The molecule has 0 saturated carbocycles. The maximum atomic E-state index is 12.8. The highest BCUT2D eigenvalue weighted by atomic mass is 16.5. The number of benzene rings is 1. The van der Waals surface area contributed by atoms with Gasteiger partial charge in [0.1, 0.15) is 0 Å². The summed E-state index contributed by atoms with van der Waals surface area (Å²) in [5.41, 5.74) is 1.78. The van der Waals surface area contributed by atoms with E-state index in [9.17, 15) is 4.79 Å². The number of rotatable bonds is 3. The first kappa shape index (κ1) is 15.1. The maximum absolute atomic E-state index is 12.8. The number of piperidine rings is 1. The molecule has 0 spiro atoms. The molecular formula is C18H24N2O2. The van der Waals surface area contributed by atoms with Crippen molar-refractivity contribution >= 4 is 16.9 Å². The summed E-state index contributed by atoms with van der Waals surface area (Å²) < 4.78 is 7.58. The first-order valence-electron chi connectivity index (χ1n) is 7.99. The molecule has 118 valence electrons. The van der Waals surface area contributed by atoms with Crippen LogP contribution in [0.1, 0.15) is 25.3 Å². The van der Waals surface area contributed by atoms with Crippen LogP contribution in [0.3, 0.4) is 0 Å². The number of hydrogen-bond acceptors (Lipinski definition) is 3. The van der Waals surface area contributed by atoms with Gasteiger partial charge in [-0.1, -0.05) is 18.2 Å². The molecule has 4 heteroatoms. The average Bonchev–Trinajstić information content (AvgIpc) is 2.87. The molecule has 2 heterocycles. The normalized spacial score (nSPS) is 18.5. The molecule has 1 aromatic carbocycles. The SMILES string of the molecule is CCOC(=O)C1(c2cn(C)c3ccccc23)CCN(C)CC1. The Bertz CT molecular complexity index is 681. The van der Waals surface area contributed by atoms with Crippen molar-refractivity contribution in [3.63, 3.8) is 0 Å². The summed E-state index contributed by atoms with van der Waals surface area (Å²) in [6.45, 7) is 4.15. The Labute approximate surface area is 131 Å². The van der Waals surface area contributed by atoms with Gasteiger partial charge in [-0.05, 0) is 51.5 Å². The second kappa shape index (κ2) is 5.76. The molecule has 0 bridgehead atoms. The first-order chi connectivity index (χ1) is 10.6. The monoisotopic (exact) mass is 300 g/mol. The number of hydrogen-bond donors (Lipinski definition) is 0. The minimum absolute atomic E-state index is 0.0700. The third-order valence-corrected chi connectivity index (χ3v) is 4.92. The van der Waals surface area contributed by atoms with E-state index in [-0.39, 0.29) is 5.97 Å². The van der Waals surface area contributed by atoms with E-state index >= 15 is 0 Å². The van der Waals surface area contributed by atoms with Crippen molar-refractivity contribution in [2.24, 2.45) is 7.05 Å². The smallest absolute Gasteiger partial charge is 0.316 e. The van der Waals surface area contributed by atoms with E-state index in [2.05, 4.69) is 34.8 Å². The number of aryl methyl sites for hydroxylation is 1. The van der Waals surface area contributed by atoms with Gasteiger partial charge in [0.25, 0.3) is 0 Å². The molecule has 1 aromatic heterocycles. The van der Waals surface area contributed by atoms with Crippen LogP contribution in [0.15, 0.2) is 30.5 Å². The Balaban J connectivity index is 2.14. The van der Waals surface area contributed by atoms with Crippen molar-refractivity contribution in [1.29, 1.82) is 0 Å². The fourth-order valence-corrected chi connectivity index (χ4v) is 3.58. The Morgan fingerprint density at radius 2 is 1.91 bits per heavy atom. The van der Waals surface area contributed by atoms with Gasteiger partial charge in [-0.25, -0.2) is 0 Å². The van der Waals surface area contributed by atoms with Crippen molar-refractivity contribution in [3.8, 4) is 0 Å². The van der Waals surface area contributed by atoms with E-state index in [1.54, 1.807) is 0 Å². The fourth-order valence-electron chi connectivity index (χ4n) is 3.58. The van der Waals surface area contributed by atoms with Crippen molar-refractivity contribution in [2.45, 2.75) is 25.2 Å². The highest BCUT2D eigenvalue weighted by Crippen LogP contribution is 2.40. The van der Waals surface area contributed by atoms with Gasteiger partial charge in [0.2, 0.25) is 0 Å². The van der Waals surface area contributed by atoms with Gasteiger partial charge >= 0.3 is 5.97 Å². The second-order valence-corrected chi connectivity index (χ2v) is 6.28. The van der Waals surface area contributed by atoms with Gasteiger partial charge in [0.15, 0.2) is 0 Å². The molecule has 1 saturated heterocycles. The van der Waals surface area contributed by atoms with E-state index in [1.165, 1.54) is 10.9 Å². The summed E-state index contributed by atoms with van der Waals surface area (Å²) in [5, 5.41) is 1.17. The number of fused-ring (bicyclic) bond motifs is 1. The van der Waals surface area contributed by atoms with Crippen molar-refractivity contribution in [2.75, 3.05) is 26.7 Å². The molecule has 4 nitrogen and oxygen atoms in total.